The molecule has 1 atom stereocenters. The van der Waals surface area contributed by atoms with Gasteiger partial charge in [-0.1, -0.05) is 18.2 Å². The van der Waals surface area contributed by atoms with Crippen molar-refractivity contribution in [3.8, 4) is 0 Å². The second-order valence-corrected chi connectivity index (χ2v) is 8.54. The number of hydrogen-bond acceptors (Lipinski definition) is 5. The Morgan fingerprint density at radius 2 is 1.85 bits per heavy atom. The van der Waals surface area contributed by atoms with Crippen LogP contribution in [0, 0.1) is 0 Å². The molecule has 144 valence electrons. The van der Waals surface area contributed by atoms with E-state index in [1.165, 1.54) is 4.31 Å². The fourth-order valence-electron chi connectivity index (χ4n) is 3.23. The van der Waals surface area contributed by atoms with E-state index in [0.29, 0.717) is 32.8 Å². The van der Waals surface area contributed by atoms with Crippen molar-refractivity contribution >= 4 is 15.9 Å². The van der Waals surface area contributed by atoms with E-state index >= 15 is 0 Å². The molecule has 0 N–H and O–H groups in total. The summed E-state index contributed by atoms with van der Waals surface area (Å²) in [6.45, 7) is 2.59. The van der Waals surface area contributed by atoms with Gasteiger partial charge in [0.1, 0.15) is 6.61 Å². The highest BCUT2D eigenvalue weighted by molar-refractivity contribution is 7.89. The quantitative estimate of drug-likeness (QED) is 0.737. The van der Waals surface area contributed by atoms with E-state index in [1.807, 2.05) is 0 Å². The molecular weight excluding hydrogens is 356 g/mol. The van der Waals surface area contributed by atoms with Crippen molar-refractivity contribution in [2.24, 2.45) is 0 Å². The average molecular weight is 382 g/mol. The van der Waals surface area contributed by atoms with Crippen molar-refractivity contribution in [1.29, 1.82) is 0 Å². The molecule has 0 bridgehead atoms. The predicted molar refractivity (Wildman–Crippen MR) is 96.2 cm³/mol. The van der Waals surface area contributed by atoms with Gasteiger partial charge in [0.2, 0.25) is 15.9 Å². The van der Waals surface area contributed by atoms with Crippen molar-refractivity contribution in [1.82, 2.24) is 9.21 Å². The maximum Gasteiger partial charge on any atom is 0.248 e. The van der Waals surface area contributed by atoms with Crippen LogP contribution in [0.25, 0.3) is 0 Å². The molecule has 26 heavy (non-hydrogen) atoms. The van der Waals surface area contributed by atoms with Crippen LogP contribution in [0.1, 0.15) is 19.3 Å². The molecule has 8 heteroatoms. The molecule has 3 rings (SSSR count). The van der Waals surface area contributed by atoms with Crippen molar-refractivity contribution in [3.05, 3.63) is 30.3 Å². The molecule has 0 saturated carbocycles. The summed E-state index contributed by atoms with van der Waals surface area (Å²) in [4.78, 5) is 14.2. The third-order valence-electron chi connectivity index (χ3n) is 4.78. The predicted octanol–water partition coefficient (Wildman–Crippen LogP) is 1.11. The maximum atomic E-state index is 12.6. The number of ether oxygens (including phenoxy) is 2. The first-order valence-corrected chi connectivity index (χ1v) is 10.5. The van der Waals surface area contributed by atoms with Crippen LogP contribution in [0.5, 0.6) is 0 Å². The summed E-state index contributed by atoms with van der Waals surface area (Å²) in [5.74, 6) is -0.0995. The number of amides is 1. The van der Waals surface area contributed by atoms with Gasteiger partial charge in [-0.15, -0.1) is 0 Å². The van der Waals surface area contributed by atoms with E-state index in [4.69, 9.17) is 9.47 Å². The van der Waals surface area contributed by atoms with E-state index in [2.05, 4.69) is 0 Å². The lowest BCUT2D eigenvalue weighted by atomic mass is 10.1. The first kappa shape index (κ1) is 19.3. The van der Waals surface area contributed by atoms with Gasteiger partial charge in [-0.2, -0.15) is 4.31 Å². The number of rotatable bonds is 6. The highest BCUT2D eigenvalue weighted by Crippen LogP contribution is 2.17. The van der Waals surface area contributed by atoms with Crippen molar-refractivity contribution in [3.63, 3.8) is 0 Å². The third kappa shape index (κ3) is 4.82. The van der Waals surface area contributed by atoms with Crippen LogP contribution in [-0.4, -0.2) is 75.6 Å². The highest BCUT2D eigenvalue weighted by Gasteiger charge is 2.30. The molecule has 2 fully saturated rings. The normalized spacial score (nSPS) is 22.3. The molecule has 0 aromatic heterocycles. The first-order chi connectivity index (χ1) is 12.6. The zero-order valence-electron chi connectivity index (χ0n) is 14.9. The lowest BCUT2D eigenvalue weighted by Crippen LogP contribution is -2.51. The van der Waals surface area contributed by atoms with Gasteiger partial charge >= 0.3 is 0 Å². The van der Waals surface area contributed by atoms with Crippen LogP contribution in [0.4, 0.5) is 0 Å². The molecule has 1 unspecified atom stereocenters. The first-order valence-electron chi connectivity index (χ1n) is 9.10. The molecule has 1 aromatic carbocycles. The van der Waals surface area contributed by atoms with E-state index < -0.39 is 10.0 Å². The number of piperazine rings is 1. The number of benzene rings is 1. The number of sulfonamides is 1. The van der Waals surface area contributed by atoms with Gasteiger partial charge in [-0.05, 0) is 31.4 Å². The van der Waals surface area contributed by atoms with Crippen LogP contribution < -0.4 is 0 Å². The second-order valence-electron chi connectivity index (χ2n) is 6.60. The summed E-state index contributed by atoms with van der Waals surface area (Å²) in [6.07, 6.45) is 3.29. The summed E-state index contributed by atoms with van der Waals surface area (Å²) in [5, 5.41) is 0. The minimum absolute atomic E-state index is 0.0191. The minimum Gasteiger partial charge on any atom is -0.376 e. The monoisotopic (exact) mass is 382 g/mol. The van der Waals surface area contributed by atoms with Crippen LogP contribution in [0.15, 0.2) is 35.2 Å². The van der Waals surface area contributed by atoms with E-state index in [1.54, 1.807) is 35.2 Å². The van der Waals surface area contributed by atoms with Crippen LogP contribution >= 0.6 is 0 Å². The standard InChI is InChI=1S/C18H26N2O5S/c21-18(15-24-14-16-6-4-5-13-25-16)19-9-11-20(12-10-19)26(22,23)17-7-2-1-3-8-17/h1-3,7-8,16H,4-6,9-15H2. The SMILES string of the molecule is O=C(COCC1CCCCO1)N1CCN(S(=O)(=O)c2ccccc2)CC1. The summed E-state index contributed by atoms with van der Waals surface area (Å²) < 4.78 is 37.7. The molecule has 7 nitrogen and oxygen atoms in total. The molecule has 2 aliphatic heterocycles. The van der Waals surface area contributed by atoms with Crippen LogP contribution in [-0.2, 0) is 24.3 Å². The molecule has 2 aliphatic rings. The third-order valence-corrected chi connectivity index (χ3v) is 6.69. The lowest BCUT2D eigenvalue weighted by molar-refractivity contribution is -0.139. The average Bonchev–Trinajstić information content (AvgIpc) is 2.69. The van der Waals surface area contributed by atoms with Crippen molar-refractivity contribution < 1.29 is 22.7 Å². The molecule has 1 amide bonds. The fourth-order valence-corrected chi connectivity index (χ4v) is 4.67. The Labute approximate surface area is 154 Å². The van der Waals surface area contributed by atoms with Gasteiger partial charge in [-0.25, -0.2) is 8.42 Å². The van der Waals surface area contributed by atoms with Gasteiger partial charge < -0.3 is 14.4 Å². The molecule has 0 aliphatic carbocycles. The van der Waals surface area contributed by atoms with E-state index in [-0.39, 0.29) is 23.5 Å². The maximum absolute atomic E-state index is 12.6. The summed E-state index contributed by atoms with van der Waals surface area (Å²) in [7, 11) is -3.50. The van der Waals surface area contributed by atoms with E-state index in [9.17, 15) is 13.2 Å². The van der Waals surface area contributed by atoms with E-state index in [0.717, 1.165) is 25.9 Å². The molecule has 0 spiro atoms. The topological polar surface area (TPSA) is 76.2 Å². The fraction of sp³-hybridized carbons (Fsp3) is 0.611. The van der Waals surface area contributed by atoms with Crippen molar-refractivity contribution in [2.45, 2.75) is 30.3 Å². The smallest absolute Gasteiger partial charge is 0.248 e. The minimum atomic E-state index is -3.50. The Kier molecular flexibility index (Phi) is 6.63. The molecule has 2 saturated heterocycles. The molecule has 2 heterocycles. The zero-order chi connectivity index (χ0) is 18.4. The second kappa shape index (κ2) is 8.94. The Balaban J connectivity index is 1.43. The van der Waals surface area contributed by atoms with Gasteiger partial charge in [0.25, 0.3) is 0 Å². The lowest BCUT2D eigenvalue weighted by Gasteiger charge is -2.34. The van der Waals surface area contributed by atoms with Gasteiger partial charge in [0.15, 0.2) is 0 Å². The number of carbonyl (C=O) groups excluding carboxylic acids is 1. The zero-order valence-corrected chi connectivity index (χ0v) is 15.7. The summed E-state index contributed by atoms with van der Waals surface area (Å²) >= 11 is 0. The van der Waals surface area contributed by atoms with Gasteiger partial charge in [0, 0.05) is 32.8 Å². The number of hydrogen-bond donors (Lipinski definition) is 0. The van der Waals surface area contributed by atoms with Crippen molar-refractivity contribution in [2.75, 3.05) is 46.0 Å². The van der Waals surface area contributed by atoms with Gasteiger partial charge in [0.05, 0.1) is 17.6 Å². The largest absolute Gasteiger partial charge is 0.376 e. The Bertz CT molecular complexity index is 681. The molecular formula is C18H26N2O5S. The Hall–Kier alpha value is -1.48. The summed E-state index contributed by atoms with van der Waals surface area (Å²) in [5.41, 5.74) is 0. The van der Waals surface area contributed by atoms with Gasteiger partial charge in [-0.3, -0.25) is 4.79 Å². The molecule has 0 radical (unpaired) electrons. The van der Waals surface area contributed by atoms with Crippen LogP contribution in [0.3, 0.4) is 0 Å². The Morgan fingerprint density at radius 1 is 1.12 bits per heavy atom. The van der Waals surface area contributed by atoms with Crippen LogP contribution in [0.2, 0.25) is 0 Å². The molecule has 1 aromatic rings. The summed E-state index contributed by atoms with van der Waals surface area (Å²) in [6, 6.07) is 8.39. The number of carbonyl (C=O) groups is 1. The number of nitrogens with zero attached hydrogens (tertiary/aromatic N) is 2. The highest BCUT2D eigenvalue weighted by atomic mass is 32.2. The Morgan fingerprint density at radius 3 is 2.50 bits per heavy atom.